The molecular formula is C20H26N3O3SY-. The minimum atomic E-state index is -4.01. The molecule has 3 rings (SSSR count). The predicted molar refractivity (Wildman–Crippen MR) is 111 cm³/mol. The third kappa shape index (κ3) is 4.51. The maximum absolute atomic E-state index is 13.1. The number of terminal acetylenes is 1. The smallest absolute Gasteiger partial charge is 0.270 e. The van der Waals surface area contributed by atoms with Gasteiger partial charge in [-0.2, -0.15) is 5.10 Å². The average Bonchev–Trinajstić information content (AvgIpc) is 3.06. The molecule has 1 radical (unpaired) electrons. The van der Waals surface area contributed by atoms with E-state index < -0.39 is 10.0 Å². The standard InChI is InChI=1S/C17H17N3O3S.C2H6.CH3.Y/c1-4-10-20-17-14(11-19(5-2)18-17)15(21)16(24(20,22)23)13-9-7-6-8-12(13)3;1-2;;/h1,6-9,11,21H,5,10H2,2-3H3;1-2H3;1H3;/q;;-1;. The van der Waals surface area contributed by atoms with E-state index in [1.165, 1.54) is 0 Å². The van der Waals surface area contributed by atoms with Crippen LogP contribution in [-0.4, -0.2) is 29.8 Å². The van der Waals surface area contributed by atoms with Crippen LogP contribution in [0.4, 0.5) is 5.82 Å². The van der Waals surface area contributed by atoms with E-state index in [9.17, 15) is 13.5 Å². The SMILES string of the molecule is C#CCN1c2nn(CC)cc2C(O)=C(c2ccccc2C)S1(=O)=O.CC.[CH3-].[Y]. The fraction of sp³-hybridized carbons (Fsp3) is 0.300. The van der Waals surface area contributed by atoms with Gasteiger partial charge in [-0.1, -0.05) is 44.0 Å². The molecule has 0 atom stereocenters. The van der Waals surface area contributed by atoms with E-state index in [0.717, 1.165) is 9.87 Å². The number of hydrogen-bond acceptors (Lipinski definition) is 4. The summed E-state index contributed by atoms with van der Waals surface area (Å²) in [7, 11) is -4.01. The number of anilines is 1. The monoisotopic (exact) mass is 477 g/mol. The third-order valence-electron chi connectivity index (χ3n) is 3.95. The molecule has 0 fully saturated rings. The van der Waals surface area contributed by atoms with Crippen LogP contribution in [-0.2, 0) is 49.3 Å². The van der Waals surface area contributed by atoms with Crippen molar-refractivity contribution in [2.24, 2.45) is 0 Å². The predicted octanol–water partition coefficient (Wildman–Crippen LogP) is 3.85. The molecule has 0 saturated carbocycles. The van der Waals surface area contributed by atoms with Crippen molar-refractivity contribution in [2.75, 3.05) is 10.8 Å². The largest absolute Gasteiger partial charge is 0.506 e. The van der Waals surface area contributed by atoms with E-state index in [4.69, 9.17) is 6.42 Å². The molecule has 0 amide bonds. The number of aliphatic hydroxyl groups excluding tert-OH is 1. The fourth-order valence-corrected chi connectivity index (χ4v) is 4.42. The van der Waals surface area contributed by atoms with E-state index in [1.54, 1.807) is 36.0 Å². The van der Waals surface area contributed by atoms with Gasteiger partial charge in [-0.25, -0.2) is 12.7 Å². The van der Waals surface area contributed by atoms with Crippen molar-refractivity contribution in [1.29, 1.82) is 0 Å². The summed E-state index contributed by atoms with van der Waals surface area (Å²) < 4.78 is 28.8. The van der Waals surface area contributed by atoms with Gasteiger partial charge >= 0.3 is 0 Å². The van der Waals surface area contributed by atoms with Gasteiger partial charge in [0.2, 0.25) is 0 Å². The van der Waals surface area contributed by atoms with Gasteiger partial charge in [0.1, 0.15) is 10.7 Å². The Kier molecular flexibility index (Phi) is 10.2. The quantitative estimate of drug-likeness (QED) is 0.538. The van der Waals surface area contributed by atoms with Crippen molar-refractivity contribution >= 4 is 26.5 Å². The average molecular weight is 477 g/mol. The summed E-state index contributed by atoms with van der Waals surface area (Å²) in [6.45, 7) is 8.06. The number of sulfonamides is 1. The van der Waals surface area contributed by atoms with Gasteiger partial charge < -0.3 is 12.5 Å². The Morgan fingerprint density at radius 1 is 1.21 bits per heavy atom. The first kappa shape index (κ1) is 26.4. The van der Waals surface area contributed by atoms with E-state index in [0.29, 0.717) is 17.7 Å². The number of aromatic nitrogens is 2. The molecule has 0 bridgehead atoms. The molecule has 0 aliphatic carbocycles. The number of benzene rings is 1. The van der Waals surface area contributed by atoms with Crippen molar-refractivity contribution in [1.82, 2.24) is 9.78 Å². The second-order valence-electron chi connectivity index (χ2n) is 5.43. The zero-order valence-corrected chi connectivity index (χ0v) is 20.6. The zero-order valence-electron chi connectivity index (χ0n) is 17.0. The van der Waals surface area contributed by atoms with Crippen LogP contribution >= 0.6 is 0 Å². The summed E-state index contributed by atoms with van der Waals surface area (Å²) in [5, 5.41) is 14.9. The number of fused-ring (bicyclic) bond motifs is 1. The second-order valence-corrected chi connectivity index (χ2v) is 7.23. The molecule has 149 valence electrons. The minimum Gasteiger partial charge on any atom is -0.506 e. The van der Waals surface area contributed by atoms with Crippen LogP contribution in [0.25, 0.3) is 10.7 Å². The van der Waals surface area contributed by atoms with Crippen LogP contribution in [0.5, 0.6) is 0 Å². The van der Waals surface area contributed by atoms with Crippen LogP contribution in [0.1, 0.15) is 37.5 Å². The van der Waals surface area contributed by atoms with Gasteiger partial charge in [-0.15, -0.1) is 6.42 Å². The van der Waals surface area contributed by atoms with Crippen molar-refractivity contribution in [2.45, 2.75) is 34.2 Å². The number of nitrogens with zero attached hydrogens (tertiary/aromatic N) is 3. The molecule has 0 unspecified atom stereocenters. The Bertz CT molecular complexity index is 988. The molecule has 1 aliphatic heterocycles. The Balaban J connectivity index is 0.00000177. The molecule has 1 aromatic heterocycles. The number of rotatable bonds is 3. The molecule has 2 aromatic rings. The second kappa shape index (κ2) is 10.8. The van der Waals surface area contributed by atoms with Crippen molar-refractivity contribution in [3.63, 3.8) is 0 Å². The van der Waals surface area contributed by atoms with Gasteiger partial charge in [0.25, 0.3) is 10.0 Å². The molecule has 1 N–H and O–H groups in total. The first-order valence-corrected chi connectivity index (χ1v) is 9.89. The maximum atomic E-state index is 13.1. The van der Waals surface area contributed by atoms with Gasteiger partial charge in [0, 0.05) is 51.0 Å². The van der Waals surface area contributed by atoms with Gasteiger partial charge in [-0.3, -0.25) is 4.68 Å². The van der Waals surface area contributed by atoms with E-state index in [1.807, 2.05) is 26.8 Å². The molecule has 2 heterocycles. The third-order valence-corrected chi connectivity index (χ3v) is 5.76. The Hall–Kier alpha value is -1.62. The van der Waals surface area contributed by atoms with Crippen molar-refractivity contribution in [3.8, 4) is 12.3 Å². The van der Waals surface area contributed by atoms with Crippen LogP contribution in [0, 0.1) is 26.7 Å². The Labute approximate surface area is 193 Å². The topological polar surface area (TPSA) is 75.4 Å². The summed E-state index contributed by atoms with van der Waals surface area (Å²) in [6.07, 6.45) is 6.98. The minimum absolute atomic E-state index is 0. The summed E-state index contributed by atoms with van der Waals surface area (Å²) in [4.78, 5) is -0.140. The summed E-state index contributed by atoms with van der Waals surface area (Å²) in [6, 6.07) is 7.00. The maximum Gasteiger partial charge on any atom is 0.270 e. The number of aryl methyl sites for hydroxylation is 2. The summed E-state index contributed by atoms with van der Waals surface area (Å²) >= 11 is 0. The first-order valence-electron chi connectivity index (χ1n) is 8.45. The molecule has 0 saturated heterocycles. The van der Waals surface area contributed by atoms with E-state index >= 15 is 0 Å². The fourth-order valence-electron chi connectivity index (χ4n) is 2.73. The van der Waals surface area contributed by atoms with Crippen molar-refractivity contribution < 1.29 is 46.2 Å². The zero-order chi connectivity index (χ0) is 19.5. The summed E-state index contributed by atoms with van der Waals surface area (Å²) in [5.41, 5.74) is 1.56. The molecule has 28 heavy (non-hydrogen) atoms. The molecule has 8 heteroatoms. The van der Waals surface area contributed by atoms with Gasteiger partial charge in [0.15, 0.2) is 5.82 Å². The van der Waals surface area contributed by atoms with Gasteiger partial charge in [-0.05, 0) is 19.4 Å². The Morgan fingerprint density at radius 3 is 2.36 bits per heavy atom. The van der Waals surface area contributed by atoms with Crippen LogP contribution in [0.3, 0.4) is 0 Å². The van der Waals surface area contributed by atoms with E-state index in [-0.39, 0.29) is 63.2 Å². The van der Waals surface area contributed by atoms with Crippen molar-refractivity contribution in [3.05, 3.63) is 54.6 Å². The number of aliphatic hydroxyl groups is 1. The Morgan fingerprint density at radius 2 is 1.82 bits per heavy atom. The van der Waals surface area contributed by atoms with E-state index in [2.05, 4.69) is 11.0 Å². The summed E-state index contributed by atoms with van der Waals surface area (Å²) in [5.74, 6) is 2.21. The van der Waals surface area contributed by atoms with Gasteiger partial charge in [0.05, 0.1) is 12.1 Å². The van der Waals surface area contributed by atoms with Crippen LogP contribution < -0.4 is 4.31 Å². The normalized spacial score (nSPS) is 13.9. The molecule has 6 nitrogen and oxygen atoms in total. The van der Waals surface area contributed by atoms with Crippen LogP contribution in [0.15, 0.2) is 30.5 Å². The molecule has 1 aliphatic rings. The molecule has 0 spiro atoms. The van der Waals surface area contributed by atoms with Crippen LogP contribution in [0.2, 0.25) is 0 Å². The molecular weight excluding hydrogens is 451 g/mol. The number of hydrogen-bond donors (Lipinski definition) is 1. The molecule has 1 aromatic carbocycles. The first-order chi connectivity index (χ1) is 12.4.